The largest absolute Gasteiger partial charge is 1.00 e. The van der Waals surface area contributed by atoms with Gasteiger partial charge in [-0.3, -0.25) is 0 Å². The van der Waals surface area contributed by atoms with Crippen molar-refractivity contribution in [3.63, 3.8) is 0 Å². The second-order valence-electron chi connectivity index (χ2n) is 6.42. The Bertz CT molecular complexity index is 321. The molecule has 0 unspecified atom stereocenters. The van der Waals surface area contributed by atoms with Gasteiger partial charge in [-0.15, -0.1) is 0 Å². The molecule has 0 atom stereocenters. The van der Waals surface area contributed by atoms with E-state index in [1.165, 1.54) is 57.1 Å². The average molecular weight is 389 g/mol. The van der Waals surface area contributed by atoms with Crippen LogP contribution in [-0.4, -0.2) is 25.1 Å². The van der Waals surface area contributed by atoms with Crippen LogP contribution in [0.5, 0.6) is 0 Å². The summed E-state index contributed by atoms with van der Waals surface area (Å²) in [5.41, 5.74) is 1.45. The maximum absolute atomic E-state index is 2.35. The van der Waals surface area contributed by atoms with Crippen molar-refractivity contribution in [3.05, 3.63) is 35.9 Å². The summed E-state index contributed by atoms with van der Waals surface area (Å²) in [6, 6.07) is 10.9. The Morgan fingerprint density at radius 1 is 0.800 bits per heavy atom. The SMILES string of the molecule is CCCCCCCCC[N+](C)(C)Cc1ccccc1.[I-]. The molecule has 20 heavy (non-hydrogen) atoms. The van der Waals surface area contributed by atoms with E-state index >= 15 is 0 Å². The van der Waals surface area contributed by atoms with Crippen molar-refractivity contribution in [1.82, 2.24) is 0 Å². The monoisotopic (exact) mass is 389 g/mol. The van der Waals surface area contributed by atoms with E-state index in [9.17, 15) is 0 Å². The molecule has 2 heteroatoms. The van der Waals surface area contributed by atoms with Gasteiger partial charge in [-0.1, -0.05) is 69.4 Å². The van der Waals surface area contributed by atoms with Gasteiger partial charge >= 0.3 is 0 Å². The first-order valence-corrected chi connectivity index (χ1v) is 8.00. The molecule has 0 fully saturated rings. The van der Waals surface area contributed by atoms with Gasteiger partial charge in [-0.2, -0.15) is 0 Å². The van der Waals surface area contributed by atoms with E-state index in [1.807, 2.05) is 0 Å². The van der Waals surface area contributed by atoms with E-state index in [4.69, 9.17) is 0 Å². The van der Waals surface area contributed by atoms with E-state index in [-0.39, 0.29) is 24.0 Å². The van der Waals surface area contributed by atoms with Crippen molar-refractivity contribution in [2.75, 3.05) is 20.6 Å². The molecule has 0 aliphatic carbocycles. The number of quaternary nitrogens is 1. The van der Waals surface area contributed by atoms with Crippen LogP contribution >= 0.6 is 0 Å². The molecule has 0 amide bonds. The Labute approximate surface area is 143 Å². The predicted octanol–water partition coefficient (Wildman–Crippen LogP) is 2.02. The zero-order valence-electron chi connectivity index (χ0n) is 13.6. The molecule has 0 saturated heterocycles. The van der Waals surface area contributed by atoms with Gasteiger partial charge in [0.05, 0.1) is 20.6 Å². The predicted molar refractivity (Wildman–Crippen MR) is 85.1 cm³/mol. The summed E-state index contributed by atoms with van der Waals surface area (Å²) in [7, 11) is 4.70. The maximum Gasteiger partial charge on any atom is 0.104 e. The van der Waals surface area contributed by atoms with E-state index in [2.05, 4.69) is 51.4 Å². The van der Waals surface area contributed by atoms with Crippen LogP contribution in [0.1, 0.15) is 57.4 Å². The van der Waals surface area contributed by atoms with Crippen molar-refractivity contribution in [2.24, 2.45) is 0 Å². The van der Waals surface area contributed by atoms with Gasteiger partial charge in [-0.05, 0) is 12.8 Å². The standard InChI is InChI=1S/C18H32N.HI/c1-4-5-6-7-8-9-13-16-19(2,3)17-18-14-11-10-12-15-18;/h10-12,14-15H,4-9,13,16-17H2,1-3H3;1H/q+1;/p-1. The maximum atomic E-state index is 2.35. The lowest BCUT2D eigenvalue weighted by molar-refractivity contribution is -0.903. The van der Waals surface area contributed by atoms with Crippen LogP contribution in [0.15, 0.2) is 30.3 Å². The molecule has 1 nitrogen and oxygen atoms in total. The fraction of sp³-hybridized carbons (Fsp3) is 0.667. The third-order valence-electron chi connectivity index (χ3n) is 3.82. The summed E-state index contributed by atoms with van der Waals surface area (Å²) in [5.74, 6) is 0. The van der Waals surface area contributed by atoms with Crippen LogP contribution in [-0.2, 0) is 6.54 Å². The number of benzene rings is 1. The van der Waals surface area contributed by atoms with Gasteiger partial charge in [0.25, 0.3) is 0 Å². The highest BCUT2D eigenvalue weighted by Crippen LogP contribution is 2.12. The highest BCUT2D eigenvalue weighted by atomic mass is 127. The fourth-order valence-corrected chi connectivity index (χ4v) is 2.65. The third kappa shape index (κ3) is 9.76. The quantitative estimate of drug-likeness (QED) is 0.326. The van der Waals surface area contributed by atoms with Crippen molar-refractivity contribution >= 4 is 0 Å². The van der Waals surface area contributed by atoms with Crippen molar-refractivity contribution in [1.29, 1.82) is 0 Å². The number of unbranched alkanes of at least 4 members (excludes halogenated alkanes) is 6. The summed E-state index contributed by atoms with van der Waals surface area (Å²) in [5, 5.41) is 0. The van der Waals surface area contributed by atoms with Gasteiger partial charge in [0, 0.05) is 5.56 Å². The van der Waals surface area contributed by atoms with E-state index in [0.717, 1.165) is 11.0 Å². The van der Waals surface area contributed by atoms with Crippen molar-refractivity contribution < 1.29 is 28.5 Å². The lowest BCUT2D eigenvalue weighted by Crippen LogP contribution is -3.00. The molecule has 0 bridgehead atoms. The molecule has 0 spiro atoms. The van der Waals surface area contributed by atoms with Crippen molar-refractivity contribution in [3.8, 4) is 0 Å². The van der Waals surface area contributed by atoms with Gasteiger partial charge in [0.2, 0.25) is 0 Å². The summed E-state index contributed by atoms with van der Waals surface area (Å²) in [6.45, 7) is 4.73. The average Bonchev–Trinajstić information content (AvgIpc) is 2.38. The molecule has 0 aliphatic rings. The second kappa shape index (κ2) is 11.6. The van der Waals surface area contributed by atoms with Gasteiger partial charge in [0.1, 0.15) is 6.54 Å². The van der Waals surface area contributed by atoms with Crippen LogP contribution in [0.2, 0.25) is 0 Å². The lowest BCUT2D eigenvalue weighted by atomic mass is 10.1. The highest BCUT2D eigenvalue weighted by Gasteiger charge is 2.14. The molecule has 1 aromatic carbocycles. The number of nitrogens with zero attached hydrogens (tertiary/aromatic N) is 1. The smallest absolute Gasteiger partial charge is 0.104 e. The Morgan fingerprint density at radius 3 is 1.95 bits per heavy atom. The first-order chi connectivity index (χ1) is 9.14. The molecule has 0 heterocycles. The normalized spacial score (nSPS) is 11.2. The molecule has 0 saturated carbocycles. The number of hydrogen-bond acceptors (Lipinski definition) is 0. The van der Waals surface area contributed by atoms with Crippen LogP contribution in [0, 0.1) is 0 Å². The molecule has 1 aromatic rings. The van der Waals surface area contributed by atoms with Crippen molar-refractivity contribution in [2.45, 2.75) is 58.4 Å². The minimum atomic E-state index is 0. The van der Waals surface area contributed by atoms with Gasteiger partial charge < -0.3 is 28.5 Å². The highest BCUT2D eigenvalue weighted by molar-refractivity contribution is 5.13. The fourth-order valence-electron chi connectivity index (χ4n) is 2.65. The molecular weight excluding hydrogens is 357 g/mol. The minimum absolute atomic E-state index is 0. The Hall–Kier alpha value is -0.0900. The topological polar surface area (TPSA) is 0 Å². The van der Waals surface area contributed by atoms with Crippen LogP contribution < -0.4 is 24.0 Å². The summed E-state index contributed by atoms with van der Waals surface area (Å²) < 4.78 is 1.11. The van der Waals surface area contributed by atoms with Crippen LogP contribution in [0.3, 0.4) is 0 Å². The molecule has 0 radical (unpaired) electrons. The molecule has 116 valence electrons. The Kier molecular flexibility index (Phi) is 11.5. The third-order valence-corrected chi connectivity index (χ3v) is 3.82. The summed E-state index contributed by atoms with van der Waals surface area (Å²) in [4.78, 5) is 0. The molecular formula is C18H32IN. The van der Waals surface area contributed by atoms with Crippen LogP contribution in [0.25, 0.3) is 0 Å². The number of hydrogen-bond donors (Lipinski definition) is 0. The van der Waals surface area contributed by atoms with E-state index < -0.39 is 0 Å². The molecule has 0 aliphatic heterocycles. The molecule has 0 aromatic heterocycles. The summed E-state index contributed by atoms with van der Waals surface area (Å²) in [6.07, 6.45) is 9.81. The van der Waals surface area contributed by atoms with E-state index in [1.54, 1.807) is 0 Å². The molecule has 1 rings (SSSR count). The Morgan fingerprint density at radius 2 is 1.35 bits per heavy atom. The number of rotatable bonds is 10. The number of halogens is 1. The Balaban J connectivity index is 0.00000361. The molecule has 0 N–H and O–H groups in total. The zero-order valence-corrected chi connectivity index (χ0v) is 15.7. The minimum Gasteiger partial charge on any atom is -1.00 e. The van der Waals surface area contributed by atoms with Gasteiger partial charge in [0.15, 0.2) is 0 Å². The zero-order chi connectivity index (χ0) is 14.0. The second-order valence-corrected chi connectivity index (χ2v) is 6.42. The van der Waals surface area contributed by atoms with E-state index in [0.29, 0.717) is 0 Å². The first-order valence-electron chi connectivity index (χ1n) is 8.00. The lowest BCUT2D eigenvalue weighted by Gasteiger charge is -2.30. The first kappa shape index (κ1) is 19.9. The van der Waals surface area contributed by atoms with Gasteiger partial charge in [-0.25, -0.2) is 0 Å². The summed E-state index contributed by atoms with van der Waals surface area (Å²) >= 11 is 0. The van der Waals surface area contributed by atoms with Crippen LogP contribution in [0.4, 0.5) is 0 Å².